The summed E-state index contributed by atoms with van der Waals surface area (Å²) in [6.07, 6.45) is 3.63. The summed E-state index contributed by atoms with van der Waals surface area (Å²) in [5.74, 6) is 1.37. The van der Waals surface area contributed by atoms with E-state index in [0.717, 1.165) is 34.3 Å². The first-order valence-corrected chi connectivity index (χ1v) is 10.1. The van der Waals surface area contributed by atoms with Gasteiger partial charge in [-0.2, -0.15) is 0 Å². The lowest BCUT2D eigenvalue weighted by Crippen LogP contribution is -2.19. The maximum Gasteiger partial charge on any atom is 0.328 e. The molecule has 0 unspecified atom stereocenters. The van der Waals surface area contributed by atoms with Gasteiger partial charge in [0.2, 0.25) is 0 Å². The first-order chi connectivity index (χ1) is 15.1. The molecule has 0 aliphatic carbocycles. The summed E-state index contributed by atoms with van der Waals surface area (Å²) >= 11 is 0. The van der Waals surface area contributed by atoms with Crippen molar-refractivity contribution in [2.75, 3.05) is 7.11 Å². The number of hydrogen-bond donors (Lipinski definition) is 1. The molecule has 0 aliphatic rings. The molecular weight excluding hydrogens is 392 g/mol. The van der Waals surface area contributed by atoms with Crippen LogP contribution >= 0.6 is 0 Å². The van der Waals surface area contributed by atoms with E-state index in [9.17, 15) is 4.79 Å². The maximum atomic E-state index is 12.1. The van der Waals surface area contributed by atoms with E-state index in [1.54, 1.807) is 36.5 Å². The summed E-state index contributed by atoms with van der Waals surface area (Å²) in [6.45, 7) is 1.84. The number of aryl methyl sites for hydroxylation is 2. The Morgan fingerprint density at radius 2 is 1.68 bits per heavy atom. The number of methoxy groups -OCH3 is 1. The second-order valence-electron chi connectivity index (χ2n) is 7.46. The van der Waals surface area contributed by atoms with Crippen LogP contribution in [0.5, 0.6) is 11.5 Å². The van der Waals surface area contributed by atoms with Crippen molar-refractivity contribution in [1.82, 2.24) is 19.4 Å². The lowest BCUT2D eigenvalue weighted by atomic mass is 10.2. The zero-order chi connectivity index (χ0) is 21.8. The molecule has 7 nitrogen and oxygen atoms in total. The van der Waals surface area contributed by atoms with Crippen molar-refractivity contribution in [1.29, 1.82) is 0 Å². The first-order valence-electron chi connectivity index (χ1n) is 10.1. The molecule has 0 saturated heterocycles. The Morgan fingerprint density at radius 1 is 0.903 bits per heavy atom. The van der Waals surface area contributed by atoms with Gasteiger partial charge in [-0.1, -0.05) is 18.2 Å². The number of pyridine rings is 1. The van der Waals surface area contributed by atoms with Crippen LogP contribution in [-0.2, 0) is 33.8 Å². The van der Waals surface area contributed by atoms with Gasteiger partial charge in [-0.05, 0) is 47.0 Å². The molecule has 0 radical (unpaired) electrons. The molecule has 31 heavy (non-hydrogen) atoms. The van der Waals surface area contributed by atoms with Crippen LogP contribution < -0.4 is 20.5 Å². The molecule has 7 heteroatoms. The van der Waals surface area contributed by atoms with Crippen LogP contribution in [0, 0.1) is 0 Å². The summed E-state index contributed by atoms with van der Waals surface area (Å²) in [7, 11) is 5.19. The van der Waals surface area contributed by atoms with Gasteiger partial charge in [0.15, 0.2) is 11.5 Å². The SMILES string of the molecule is COc1cc(CNCc2cccnc2)ccc1OCc1ccc2c(c1)n(C)c(=O)n2C. The summed E-state index contributed by atoms with van der Waals surface area (Å²) in [5, 5.41) is 3.41. The van der Waals surface area contributed by atoms with Gasteiger partial charge in [0.05, 0.1) is 18.1 Å². The molecule has 160 valence electrons. The van der Waals surface area contributed by atoms with Crippen LogP contribution in [-0.4, -0.2) is 21.2 Å². The number of benzene rings is 2. The predicted octanol–water partition coefficient (Wildman–Crippen LogP) is 3.15. The third kappa shape index (κ3) is 4.46. The fourth-order valence-corrected chi connectivity index (χ4v) is 3.60. The summed E-state index contributed by atoms with van der Waals surface area (Å²) < 4.78 is 14.8. The van der Waals surface area contributed by atoms with Crippen LogP contribution in [0.3, 0.4) is 0 Å². The molecule has 4 rings (SSSR count). The first kappa shape index (κ1) is 20.7. The number of nitrogens with one attached hydrogen (secondary N) is 1. The number of hydrogen-bond acceptors (Lipinski definition) is 5. The molecule has 2 aromatic carbocycles. The van der Waals surface area contributed by atoms with Gasteiger partial charge >= 0.3 is 5.69 Å². The minimum atomic E-state index is -0.0394. The Balaban J connectivity index is 1.42. The highest BCUT2D eigenvalue weighted by Crippen LogP contribution is 2.29. The van der Waals surface area contributed by atoms with E-state index in [0.29, 0.717) is 24.7 Å². The van der Waals surface area contributed by atoms with Gasteiger partial charge in [0.1, 0.15) is 6.61 Å². The smallest absolute Gasteiger partial charge is 0.328 e. The van der Waals surface area contributed by atoms with E-state index >= 15 is 0 Å². The molecule has 2 aromatic heterocycles. The number of imidazole rings is 1. The summed E-state index contributed by atoms with van der Waals surface area (Å²) in [5.41, 5.74) is 4.98. The Hall–Kier alpha value is -3.58. The van der Waals surface area contributed by atoms with Gasteiger partial charge in [0, 0.05) is 39.6 Å². The van der Waals surface area contributed by atoms with Gasteiger partial charge in [-0.15, -0.1) is 0 Å². The second kappa shape index (κ2) is 9.06. The zero-order valence-corrected chi connectivity index (χ0v) is 18.0. The van der Waals surface area contributed by atoms with Crippen LogP contribution in [0.4, 0.5) is 0 Å². The number of fused-ring (bicyclic) bond motifs is 1. The summed E-state index contributed by atoms with van der Waals surface area (Å²) in [4.78, 5) is 16.2. The van der Waals surface area contributed by atoms with Crippen molar-refractivity contribution in [2.24, 2.45) is 14.1 Å². The van der Waals surface area contributed by atoms with Crippen molar-refractivity contribution in [3.8, 4) is 11.5 Å². The Morgan fingerprint density at radius 3 is 2.45 bits per heavy atom. The minimum Gasteiger partial charge on any atom is -0.493 e. The topological polar surface area (TPSA) is 70.3 Å². The second-order valence-corrected chi connectivity index (χ2v) is 7.46. The van der Waals surface area contributed by atoms with E-state index in [-0.39, 0.29) is 5.69 Å². The number of rotatable bonds is 8. The average molecular weight is 418 g/mol. The monoisotopic (exact) mass is 418 g/mol. The van der Waals surface area contributed by atoms with Crippen molar-refractivity contribution in [3.05, 3.63) is 88.1 Å². The Labute approximate surface area is 180 Å². The molecule has 0 amide bonds. The van der Waals surface area contributed by atoms with Crippen molar-refractivity contribution < 1.29 is 9.47 Å². The lowest BCUT2D eigenvalue weighted by molar-refractivity contribution is 0.284. The Bertz CT molecular complexity index is 1250. The number of ether oxygens (including phenoxy) is 2. The minimum absolute atomic E-state index is 0.0394. The molecular formula is C24H26N4O3. The van der Waals surface area contributed by atoms with Gasteiger partial charge in [0.25, 0.3) is 0 Å². The molecule has 0 aliphatic heterocycles. The molecule has 2 heterocycles. The number of nitrogens with zero attached hydrogens (tertiary/aromatic N) is 3. The third-order valence-corrected chi connectivity index (χ3v) is 5.34. The van der Waals surface area contributed by atoms with Crippen molar-refractivity contribution in [3.63, 3.8) is 0 Å². The molecule has 0 spiro atoms. The highest BCUT2D eigenvalue weighted by atomic mass is 16.5. The average Bonchev–Trinajstić information content (AvgIpc) is 3.02. The van der Waals surface area contributed by atoms with Crippen LogP contribution in [0.25, 0.3) is 11.0 Å². The maximum absolute atomic E-state index is 12.1. The molecule has 0 fully saturated rings. The van der Waals surface area contributed by atoms with E-state index in [1.165, 1.54) is 0 Å². The highest BCUT2D eigenvalue weighted by molar-refractivity contribution is 5.76. The quantitative estimate of drug-likeness (QED) is 0.476. The fourth-order valence-electron chi connectivity index (χ4n) is 3.60. The van der Waals surface area contributed by atoms with Gasteiger partial charge < -0.3 is 14.8 Å². The molecule has 1 N–H and O–H groups in total. The highest BCUT2D eigenvalue weighted by Gasteiger charge is 2.10. The largest absolute Gasteiger partial charge is 0.493 e. The summed E-state index contributed by atoms with van der Waals surface area (Å²) in [6, 6.07) is 15.8. The van der Waals surface area contributed by atoms with E-state index in [1.807, 2.05) is 54.7 Å². The van der Waals surface area contributed by atoms with Crippen molar-refractivity contribution >= 4 is 11.0 Å². The lowest BCUT2D eigenvalue weighted by Gasteiger charge is -2.13. The molecule has 4 aromatic rings. The van der Waals surface area contributed by atoms with Crippen molar-refractivity contribution in [2.45, 2.75) is 19.7 Å². The molecule has 0 saturated carbocycles. The van der Waals surface area contributed by atoms with E-state index in [4.69, 9.17) is 9.47 Å². The van der Waals surface area contributed by atoms with Crippen LogP contribution in [0.1, 0.15) is 16.7 Å². The van der Waals surface area contributed by atoms with Gasteiger partial charge in [-0.3, -0.25) is 14.1 Å². The fraction of sp³-hybridized carbons (Fsp3) is 0.250. The predicted molar refractivity (Wildman–Crippen MR) is 120 cm³/mol. The van der Waals surface area contributed by atoms with Crippen LogP contribution in [0.15, 0.2) is 65.7 Å². The third-order valence-electron chi connectivity index (χ3n) is 5.34. The van der Waals surface area contributed by atoms with Crippen LogP contribution in [0.2, 0.25) is 0 Å². The van der Waals surface area contributed by atoms with E-state index < -0.39 is 0 Å². The Kier molecular flexibility index (Phi) is 6.04. The molecule has 0 bridgehead atoms. The normalized spacial score (nSPS) is 11.1. The zero-order valence-electron chi connectivity index (χ0n) is 18.0. The molecule has 0 atom stereocenters. The van der Waals surface area contributed by atoms with Gasteiger partial charge in [-0.25, -0.2) is 4.79 Å². The standard InChI is InChI=1S/C24H26N4O3/c1-27-20-8-6-18(11-21(20)28(2)24(27)29)16-31-22-9-7-17(12-23(22)30-3)13-26-15-19-5-4-10-25-14-19/h4-12,14,26H,13,15-16H2,1-3H3. The van der Waals surface area contributed by atoms with E-state index in [2.05, 4.69) is 10.3 Å². The number of aromatic nitrogens is 3.